The van der Waals surface area contributed by atoms with Crippen LogP contribution >= 0.6 is 0 Å². The molecule has 1 aromatic heterocycles. The molecule has 1 spiro atoms. The Labute approximate surface area is 189 Å². The van der Waals surface area contributed by atoms with Gasteiger partial charge in [0.1, 0.15) is 5.75 Å². The molecular weight excluding hydrogens is 406 g/mol. The molecule has 0 aliphatic carbocycles. The van der Waals surface area contributed by atoms with Gasteiger partial charge in [0.15, 0.2) is 0 Å². The van der Waals surface area contributed by atoms with Gasteiger partial charge < -0.3 is 24.2 Å². The van der Waals surface area contributed by atoms with E-state index in [4.69, 9.17) is 4.74 Å². The van der Waals surface area contributed by atoms with E-state index in [0.29, 0.717) is 32.5 Å². The van der Waals surface area contributed by atoms with Crippen LogP contribution in [0.25, 0.3) is 10.9 Å². The molecule has 7 heteroatoms. The van der Waals surface area contributed by atoms with E-state index in [2.05, 4.69) is 10.6 Å². The van der Waals surface area contributed by atoms with Crippen LogP contribution in [-0.2, 0) is 22.1 Å². The second-order valence-electron chi connectivity index (χ2n) is 9.19. The van der Waals surface area contributed by atoms with Crippen LogP contribution in [0.2, 0.25) is 0 Å². The molecule has 0 saturated carbocycles. The van der Waals surface area contributed by atoms with Gasteiger partial charge in [-0.25, -0.2) is 0 Å². The number of piperidine rings is 1. The number of likely N-dealkylation sites (tertiary alicyclic amines) is 1. The highest BCUT2D eigenvalue weighted by molar-refractivity contribution is 5.89. The molecule has 1 N–H and O–H groups in total. The quantitative estimate of drug-likeness (QED) is 0.774. The van der Waals surface area contributed by atoms with E-state index < -0.39 is 0 Å². The van der Waals surface area contributed by atoms with Crippen molar-refractivity contribution in [2.24, 2.45) is 7.05 Å². The summed E-state index contributed by atoms with van der Waals surface area (Å²) in [5.41, 5.74) is 3.06. The van der Waals surface area contributed by atoms with Gasteiger partial charge in [-0.1, -0.05) is 13.8 Å². The number of methoxy groups -OCH3 is 1. The maximum Gasteiger partial charge on any atom is 0.222 e. The topological polar surface area (TPSA) is 75.0 Å². The second-order valence-corrected chi connectivity index (χ2v) is 9.19. The van der Waals surface area contributed by atoms with Crippen LogP contribution in [0.3, 0.4) is 0 Å². The highest BCUT2D eigenvalue weighted by Gasteiger charge is 2.49. The first-order valence-electron chi connectivity index (χ1n) is 11.8. The van der Waals surface area contributed by atoms with E-state index in [0.717, 1.165) is 41.6 Å². The van der Waals surface area contributed by atoms with Crippen LogP contribution in [0, 0.1) is 0 Å². The number of nitrogens with zero attached hydrogens (tertiary/aromatic N) is 3. The fourth-order valence-electron chi connectivity index (χ4n) is 5.79. The number of carbonyl (C=O) groups is 2. The van der Waals surface area contributed by atoms with Gasteiger partial charge in [0.2, 0.25) is 11.8 Å². The van der Waals surface area contributed by atoms with E-state index in [1.54, 1.807) is 7.11 Å². The minimum absolute atomic E-state index is 0.0569. The maximum atomic E-state index is 13.0. The summed E-state index contributed by atoms with van der Waals surface area (Å²) in [6.07, 6.45) is 3.46. The van der Waals surface area contributed by atoms with Crippen molar-refractivity contribution in [3.05, 3.63) is 29.5 Å². The third kappa shape index (κ3) is 3.47. The molecule has 2 aliphatic rings. The van der Waals surface area contributed by atoms with Crippen LogP contribution in [0.5, 0.6) is 5.75 Å². The van der Waals surface area contributed by atoms with E-state index >= 15 is 0 Å². The molecule has 1 atom stereocenters. The van der Waals surface area contributed by atoms with Gasteiger partial charge >= 0.3 is 0 Å². The van der Waals surface area contributed by atoms with Crippen molar-refractivity contribution in [2.75, 3.05) is 33.4 Å². The molecule has 2 aromatic rings. The number of fused-ring (bicyclic) bond motifs is 4. The minimum atomic E-state index is -0.369. The standard InChI is InChI=1S/C25H35N3O4/c1-5-7-22(31)27-12-10-25(11-13-27)16-28(21(30)6-2)20(15-29)24-23(25)18-9-8-17(32-4)14-19(18)26(24)3/h8-9,14,20,29H,5-7,10-13,15-16H2,1-4H3/t20-/m0/s1. The molecular formula is C25H35N3O4. The molecule has 0 bridgehead atoms. The first kappa shape index (κ1) is 22.6. The predicted octanol–water partition coefficient (Wildman–Crippen LogP) is 3.13. The summed E-state index contributed by atoms with van der Waals surface area (Å²) < 4.78 is 7.59. The molecule has 7 nitrogen and oxygen atoms in total. The van der Waals surface area contributed by atoms with Gasteiger partial charge in [-0.3, -0.25) is 9.59 Å². The molecule has 1 saturated heterocycles. The molecule has 3 heterocycles. The number of hydrogen-bond acceptors (Lipinski definition) is 4. The van der Waals surface area contributed by atoms with E-state index in [-0.39, 0.29) is 29.9 Å². The molecule has 174 valence electrons. The Morgan fingerprint density at radius 2 is 1.91 bits per heavy atom. The van der Waals surface area contributed by atoms with Crippen molar-refractivity contribution in [1.82, 2.24) is 14.4 Å². The van der Waals surface area contributed by atoms with Crippen LogP contribution < -0.4 is 4.74 Å². The molecule has 0 radical (unpaired) electrons. The van der Waals surface area contributed by atoms with Crippen molar-refractivity contribution in [3.63, 3.8) is 0 Å². The number of benzene rings is 1. The molecule has 1 aromatic carbocycles. The SMILES string of the molecule is CCCC(=O)N1CCC2(CC1)CN(C(=O)CC)[C@@H](CO)c1c2c2ccc(OC)cc2n1C. The number of hydrogen-bond donors (Lipinski definition) is 1. The molecule has 32 heavy (non-hydrogen) atoms. The zero-order chi connectivity index (χ0) is 23.0. The van der Waals surface area contributed by atoms with Gasteiger partial charge in [-0.05, 0) is 37.0 Å². The number of rotatable bonds is 5. The van der Waals surface area contributed by atoms with Gasteiger partial charge in [-0.15, -0.1) is 0 Å². The highest BCUT2D eigenvalue weighted by Crippen LogP contribution is 2.50. The summed E-state index contributed by atoms with van der Waals surface area (Å²) in [7, 11) is 3.67. The molecule has 1 fully saturated rings. The summed E-state index contributed by atoms with van der Waals surface area (Å²) in [5, 5.41) is 11.5. The fraction of sp³-hybridized carbons (Fsp3) is 0.600. The number of carbonyl (C=O) groups excluding carboxylic acids is 2. The third-order valence-corrected chi connectivity index (χ3v) is 7.48. The van der Waals surface area contributed by atoms with Gasteiger partial charge in [0.25, 0.3) is 0 Å². The number of aliphatic hydroxyl groups excluding tert-OH is 1. The lowest BCUT2D eigenvalue weighted by atomic mass is 9.68. The van der Waals surface area contributed by atoms with E-state index in [1.807, 2.05) is 42.8 Å². The summed E-state index contributed by atoms with van der Waals surface area (Å²) in [4.78, 5) is 29.4. The van der Waals surface area contributed by atoms with Crippen molar-refractivity contribution in [1.29, 1.82) is 0 Å². The lowest BCUT2D eigenvalue weighted by Gasteiger charge is -2.50. The van der Waals surface area contributed by atoms with E-state index in [1.165, 1.54) is 5.56 Å². The minimum Gasteiger partial charge on any atom is -0.497 e. The predicted molar refractivity (Wildman–Crippen MR) is 124 cm³/mol. The maximum absolute atomic E-state index is 13.0. The van der Waals surface area contributed by atoms with Crippen molar-refractivity contribution in [2.45, 2.75) is 57.4 Å². The largest absolute Gasteiger partial charge is 0.497 e. The van der Waals surface area contributed by atoms with Gasteiger partial charge in [-0.2, -0.15) is 0 Å². The number of aliphatic hydroxyl groups is 1. The molecule has 0 unspecified atom stereocenters. The average Bonchev–Trinajstić information content (AvgIpc) is 3.12. The van der Waals surface area contributed by atoms with Gasteiger partial charge in [0, 0.05) is 62.1 Å². The first-order chi connectivity index (χ1) is 15.4. The van der Waals surface area contributed by atoms with Crippen LogP contribution in [-0.4, -0.2) is 64.6 Å². The Bertz CT molecular complexity index is 1020. The Hall–Kier alpha value is -2.54. The van der Waals surface area contributed by atoms with Crippen molar-refractivity contribution in [3.8, 4) is 5.75 Å². The zero-order valence-corrected chi connectivity index (χ0v) is 19.7. The summed E-state index contributed by atoms with van der Waals surface area (Å²) in [6, 6.07) is 5.75. The highest BCUT2D eigenvalue weighted by atomic mass is 16.5. The van der Waals surface area contributed by atoms with Crippen LogP contribution in [0.4, 0.5) is 0 Å². The second kappa shape index (κ2) is 8.77. The van der Waals surface area contributed by atoms with Crippen LogP contribution in [0.15, 0.2) is 18.2 Å². The number of aryl methyl sites for hydroxylation is 1. The lowest BCUT2D eigenvalue weighted by Crippen LogP contribution is -2.56. The fourth-order valence-corrected chi connectivity index (χ4v) is 5.79. The van der Waals surface area contributed by atoms with E-state index in [9.17, 15) is 14.7 Å². The Morgan fingerprint density at radius 1 is 1.19 bits per heavy atom. The third-order valence-electron chi connectivity index (χ3n) is 7.48. The van der Waals surface area contributed by atoms with Crippen LogP contribution in [0.1, 0.15) is 63.3 Å². The lowest BCUT2D eigenvalue weighted by molar-refractivity contribution is -0.139. The van der Waals surface area contributed by atoms with Gasteiger partial charge in [0.05, 0.1) is 25.3 Å². The average molecular weight is 442 g/mol. The smallest absolute Gasteiger partial charge is 0.222 e. The normalized spacial score (nSPS) is 20.0. The Balaban J connectivity index is 1.86. The van der Waals surface area contributed by atoms with Crippen molar-refractivity contribution < 1.29 is 19.4 Å². The molecule has 4 rings (SSSR count). The zero-order valence-electron chi connectivity index (χ0n) is 19.7. The Morgan fingerprint density at radius 3 is 2.50 bits per heavy atom. The molecule has 2 aliphatic heterocycles. The number of aromatic nitrogens is 1. The summed E-state index contributed by atoms with van der Waals surface area (Å²) >= 11 is 0. The number of amides is 2. The monoisotopic (exact) mass is 441 g/mol. The summed E-state index contributed by atoms with van der Waals surface area (Å²) in [5.74, 6) is 1.06. The summed E-state index contributed by atoms with van der Waals surface area (Å²) in [6.45, 7) is 5.77. The Kier molecular flexibility index (Phi) is 6.21. The number of ether oxygens (including phenoxy) is 1. The first-order valence-corrected chi connectivity index (χ1v) is 11.8. The molecule has 2 amide bonds. The van der Waals surface area contributed by atoms with Crippen molar-refractivity contribution >= 4 is 22.7 Å².